The summed E-state index contributed by atoms with van der Waals surface area (Å²) < 4.78 is 14.7. The van der Waals surface area contributed by atoms with Gasteiger partial charge in [-0.05, 0) is 17.7 Å². The molecule has 3 nitrogen and oxygen atoms in total. The van der Waals surface area contributed by atoms with E-state index >= 15 is 0 Å². The average Bonchev–Trinajstić information content (AvgIpc) is 2.09. The molecule has 0 spiro atoms. The van der Waals surface area contributed by atoms with Crippen molar-refractivity contribution >= 4 is 20.3 Å². The Labute approximate surface area is 76.2 Å². The molecule has 64 valence electrons. The van der Waals surface area contributed by atoms with E-state index in [0.29, 0.717) is 16.3 Å². The normalized spacial score (nSPS) is 10.2. The van der Waals surface area contributed by atoms with Gasteiger partial charge in [0.15, 0.2) is 5.75 Å². The van der Waals surface area contributed by atoms with Crippen LogP contribution in [0.1, 0.15) is 5.56 Å². The SMILES string of the molecule is O=POc1cc(CO)ccc1Cl. The highest BCUT2D eigenvalue weighted by Crippen LogP contribution is 2.27. The molecule has 0 saturated carbocycles. The van der Waals surface area contributed by atoms with Crippen molar-refractivity contribution in [1.29, 1.82) is 0 Å². The van der Waals surface area contributed by atoms with Crippen LogP contribution in [0, 0.1) is 0 Å². The topological polar surface area (TPSA) is 46.5 Å². The fourth-order valence-electron chi connectivity index (χ4n) is 0.756. The molecule has 0 aliphatic carbocycles. The molecule has 1 aromatic rings. The van der Waals surface area contributed by atoms with Crippen molar-refractivity contribution in [2.24, 2.45) is 0 Å². The largest absolute Gasteiger partial charge is 0.406 e. The summed E-state index contributed by atoms with van der Waals surface area (Å²) in [6.07, 6.45) is 0. The molecular formula is C7H6ClO3P. The van der Waals surface area contributed by atoms with Crippen LogP contribution in [-0.2, 0) is 11.2 Å². The zero-order valence-corrected chi connectivity index (χ0v) is 7.68. The first kappa shape index (κ1) is 9.46. The molecule has 0 aliphatic rings. The van der Waals surface area contributed by atoms with E-state index in [9.17, 15) is 4.57 Å². The summed E-state index contributed by atoms with van der Waals surface area (Å²) in [7, 11) is -0.457. The lowest BCUT2D eigenvalue weighted by molar-refractivity contribution is 0.281. The molecule has 0 bridgehead atoms. The molecule has 1 rings (SSSR count). The highest BCUT2D eigenvalue weighted by atomic mass is 35.5. The Morgan fingerprint density at radius 3 is 2.92 bits per heavy atom. The van der Waals surface area contributed by atoms with Crippen LogP contribution < -0.4 is 4.52 Å². The molecule has 0 saturated heterocycles. The first-order valence-electron chi connectivity index (χ1n) is 3.17. The molecule has 0 aromatic heterocycles. The van der Waals surface area contributed by atoms with Gasteiger partial charge in [-0.15, -0.1) is 0 Å². The predicted octanol–water partition coefficient (Wildman–Crippen LogP) is 2.42. The summed E-state index contributed by atoms with van der Waals surface area (Å²) in [5.74, 6) is 0.305. The monoisotopic (exact) mass is 204 g/mol. The van der Waals surface area contributed by atoms with Gasteiger partial charge in [0, 0.05) is 0 Å². The third kappa shape index (κ3) is 2.18. The van der Waals surface area contributed by atoms with Gasteiger partial charge in [0.1, 0.15) is 0 Å². The van der Waals surface area contributed by atoms with Gasteiger partial charge in [0.05, 0.1) is 11.6 Å². The minimum Gasteiger partial charge on any atom is -0.406 e. The van der Waals surface area contributed by atoms with Gasteiger partial charge in [-0.2, -0.15) is 0 Å². The lowest BCUT2D eigenvalue weighted by atomic mass is 10.2. The molecule has 0 radical (unpaired) electrons. The van der Waals surface area contributed by atoms with Gasteiger partial charge >= 0.3 is 8.69 Å². The van der Waals surface area contributed by atoms with Crippen molar-refractivity contribution in [2.45, 2.75) is 6.61 Å². The van der Waals surface area contributed by atoms with Crippen molar-refractivity contribution < 1.29 is 14.2 Å². The summed E-state index contributed by atoms with van der Waals surface area (Å²) >= 11 is 5.68. The Balaban J connectivity index is 2.99. The van der Waals surface area contributed by atoms with Crippen LogP contribution in [0.15, 0.2) is 18.2 Å². The average molecular weight is 205 g/mol. The summed E-state index contributed by atoms with van der Waals surface area (Å²) in [5.41, 5.74) is 0.665. The van der Waals surface area contributed by atoms with Crippen molar-refractivity contribution in [1.82, 2.24) is 0 Å². The van der Waals surface area contributed by atoms with Crippen molar-refractivity contribution in [3.8, 4) is 5.75 Å². The van der Waals surface area contributed by atoms with Crippen LogP contribution in [0.25, 0.3) is 0 Å². The van der Waals surface area contributed by atoms with Crippen molar-refractivity contribution in [3.05, 3.63) is 28.8 Å². The van der Waals surface area contributed by atoms with E-state index in [1.54, 1.807) is 12.1 Å². The second kappa shape index (κ2) is 4.41. The Kier molecular flexibility index (Phi) is 3.48. The van der Waals surface area contributed by atoms with Crippen LogP contribution in [0.5, 0.6) is 5.75 Å². The standard InChI is InChI=1S/C7H6ClO3P/c8-6-2-1-5(4-9)3-7(6)11-12-10/h1-3,9H,4H2. The third-order valence-electron chi connectivity index (χ3n) is 1.31. The van der Waals surface area contributed by atoms with Gasteiger partial charge < -0.3 is 9.63 Å². The predicted molar refractivity (Wildman–Crippen MR) is 45.6 cm³/mol. The Morgan fingerprint density at radius 1 is 1.58 bits per heavy atom. The molecular weight excluding hydrogens is 199 g/mol. The lowest BCUT2D eigenvalue weighted by Gasteiger charge is -2.01. The Hall–Kier alpha value is -0.630. The maximum Gasteiger partial charge on any atom is 0.395 e. The summed E-state index contributed by atoms with van der Waals surface area (Å²) in [6, 6.07) is 4.78. The highest BCUT2D eigenvalue weighted by molar-refractivity contribution is 7.17. The molecule has 0 unspecified atom stereocenters. The van der Waals surface area contributed by atoms with Crippen LogP contribution in [0.2, 0.25) is 5.02 Å². The third-order valence-corrected chi connectivity index (χ3v) is 1.90. The molecule has 1 N–H and O–H groups in total. The number of rotatable bonds is 3. The van der Waals surface area contributed by atoms with Crippen LogP contribution in [-0.4, -0.2) is 5.11 Å². The van der Waals surface area contributed by atoms with E-state index in [0.717, 1.165) is 0 Å². The minimum absolute atomic E-state index is 0.0940. The molecule has 1 aromatic carbocycles. The van der Waals surface area contributed by atoms with Crippen LogP contribution in [0.4, 0.5) is 0 Å². The molecule has 0 fully saturated rings. The minimum atomic E-state index is -0.457. The molecule has 0 aliphatic heterocycles. The number of hydrogen-bond acceptors (Lipinski definition) is 3. The summed E-state index contributed by atoms with van der Waals surface area (Å²) in [5, 5.41) is 9.11. The molecule has 5 heteroatoms. The van der Waals surface area contributed by atoms with Crippen LogP contribution in [0.3, 0.4) is 0 Å². The zero-order chi connectivity index (χ0) is 8.97. The molecule has 12 heavy (non-hydrogen) atoms. The molecule has 0 amide bonds. The van der Waals surface area contributed by atoms with E-state index in [2.05, 4.69) is 4.52 Å². The van der Waals surface area contributed by atoms with E-state index < -0.39 is 8.69 Å². The summed E-state index contributed by atoms with van der Waals surface area (Å²) in [4.78, 5) is 0. The van der Waals surface area contributed by atoms with Gasteiger partial charge in [-0.25, -0.2) is 4.57 Å². The van der Waals surface area contributed by atoms with E-state index in [-0.39, 0.29) is 6.61 Å². The zero-order valence-electron chi connectivity index (χ0n) is 6.03. The number of benzene rings is 1. The van der Waals surface area contributed by atoms with Crippen molar-refractivity contribution in [3.63, 3.8) is 0 Å². The summed E-state index contributed by atoms with van der Waals surface area (Å²) in [6.45, 7) is -0.0940. The maximum absolute atomic E-state index is 10.1. The van der Waals surface area contributed by atoms with E-state index in [1.165, 1.54) is 6.07 Å². The Morgan fingerprint density at radius 2 is 2.33 bits per heavy atom. The lowest BCUT2D eigenvalue weighted by Crippen LogP contribution is -1.84. The van der Waals surface area contributed by atoms with E-state index in [4.69, 9.17) is 16.7 Å². The Bertz CT molecular complexity index is 290. The van der Waals surface area contributed by atoms with Crippen molar-refractivity contribution in [2.75, 3.05) is 0 Å². The first-order chi connectivity index (χ1) is 5.77. The van der Waals surface area contributed by atoms with Gasteiger partial charge in [-0.3, -0.25) is 0 Å². The highest BCUT2D eigenvalue weighted by Gasteiger charge is 2.02. The molecule has 0 atom stereocenters. The van der Waals surface area contributed by atoms with Gasteiger partial charge in [0.25, 0.3) is 0 Å². The second-order valence-corrected chi connectivity index (χ2v) is 2.83. The van der Waals surface area contributed by atoms with Crippen LogP contribution >= 0.6 is 20.3 Å². The fourth-order valence-corrected chi connectivity index (χ4v) is 1.20. The number of aliphatic hydroxyl groups is 1. The van der Waals surface area contributed by atoms with Gasteiger partial charge in [-0.1, -0.05) is 17.7 Å². The number of hydrogen-bond donors (Lipinski definition) is 1. The smallest absolute Gasteiger partial charge is 0.395 e. The second-order valence-electron chi connectivity index (χ2n) is 2.09. The van der Waals surface area contributed by atoms with E-state index in [1.807, 2.05) is 0 Å². The maximum atomic E-state index is 10.1. The first-order valence-corrected chi connectivity index (χ1v) is 4.27. The number of halogens is 1. The quantitative estimate of drug-likeness (QED) is 0.769. The molecule has 0 heterocycles. The van der Waals surface area contributed by atoms with Gasteiger partial charge in [0.2, 0.25) is 0 Å². The fraction of sp³-hybridized carbons (Fsp3) is 0.143. The number of aliphatic hydroxyl groups excluding tert-OH is 1.